The number of nitrogens with one attached hydrogen (secondary N) is 2. The predicted octanol–water partition coefficient (Wildman–Crippen LogP) is 1.48. The molecule has 0 atom stereocenters. The predicted molar refractivity (Wildman–Crippen MR) is 58.2 cm³/mol. The molecule has 0 aliphatic rings. The van der Waals surface area contributed by atoms with Crippen molar-refractivity contribution in [2.24, 2.45) is 0 Å². The third-order valence-corrected chi connectivity index (χ3v) is 2.43. The third-order valence-electron chi connectivity index (χ3n) is 2.10. The Kier molecular flexibility index (Phi) is 4.73. The van der Waals surface area contributed by atoms with Crippen LogP contribution in [0.15, 0.2) is 18.2 Å². The summed E-state index contributed by atoms with van der Waals surface area (Å²) in [7, 11) is 0. The lowest BCUT2D eigenvalue weighted by Gasteiger charge is -2.11. The molecule has 0 heterocycles. The lowest BCUT2D eigenvalue weighted by molar-refractivity contribution is -0.144. The SMILES string of the molecule is O=C(NO)C(=O)NCc1ccc(Cl)c(C(F)(F)F)c1. The smallest absolute Gasteiger partial charge is 0.344 e. The maximum absolute atomic E-state index is 12.5. The summed E-state index contributed by atoms with van der Waals surface area (Å²) in [4.78, 5) is 21.6. The molecule has 0 fully saturated rings. The molecule has 0 bridgehead atoms. The fourth-order valence-electron chi connectivity index (χ4n) is 1.21. The van der Waals surface area contributed by atoms with Crippen LogP contribution in [0.4, 0.5) is 13.2 Å². The van der Waals surface area contributed by atoms with Crippen molar-refractivity contribution < 1.29 is 28.0 Å². The molecule has 0 aromatic heterocycles. The molecule has 1 aromatic carbocycles. The Hall–Kier alpha value is -1.80. The quantitative estimate of drug-likeness (QED) is 0.439. The largest absolute Gasteiger partial charge is 0.417 e. The van der Waals surface area contributed by atoms with Gasteiger partial charge in [0.2, 0.25) is 0 Å². The van der Waals surface area contributed by atoms with Gasteiger partial charge in [0.15, 0.2) is 0 Å². The zero-order valence-corrected chi connectivity index (χ0v) is 9.97. The van der Waals surface area contributed by atoms with E-state index in [0.29, 0.717) is 0 Å². The molecule has 5 nitrogen and oxygen atoms in total. The normalized spacial score (nSPS) is 11.0. The number of benzene rings is 1. The van der Waals surface area contributed by atoms with Crippen LogP contribution in [0.25, 0.3) is 0 Å². The molecule has 1 rings (SSSR count). The maximum atomic E-state index is 12.5. The molecule has 9 heteroatoms. The maximum Gasteiger partial charge on any atom is 0.417 e. The first-order chi connectivity index (χ1) is 8.75. The molecule has 0 aliphatic heterocycles. The van der Waals surface area contributed by atoms with Crippen LogP contribution in [-0.2, 0) is 22.3 Å². The van der Waals surface area contributed by atoms with Gasteiger partial charge in [0, 0.05) is 6.54 Å². The second-order valence-electron chi connectivity index (χ2n) is 3.44. The summed E-state index contributed by atoms with van der Waals surface area (Å²) in [5.74, 6) is -2.49. The highest BCUT2D eigenvalue weighted by Gasteiger charge is 2.33. The lowest BCUT2D eigenvalue weighted by atomic mass is 10.1. The van der Waals surface area contributed by atoms with Gasteiger partial charge < -0.3 is 5.32 Å². The van der Waals surface area contributed by atoms with Gasteiger partial charge in [0.25, 0.3) is 0 Å². The van der Waals surface area contributed by atoms with Crippen molar-refractivity contribution in [3.05, 3.63) is 34.3 Å². The van der Waals surface area contributed by atoms with Crippen LogP contribution in [0.1, 0.15) is 11.1 Å². The Labute approximate surface area is 110 Å². The van der Waals surface area contributed by atoms with Crippen molar-refractivity contribution in [3.63, 3.8) is 0 Å². The number of carbonyl (C=O) groups excluding carboxylic acids is 2. The van der Waals surface area contributed by atoms with Crippen LogP contribution in [-0.4, -0.2) is 17.0 Å². The van der Waals surface area contributed by atoms with Crippen molar-refractivity contribution in [2.75, 3.05) is 0 Å². The molecule has 0 saturated carbocycles. The lowest BCUT2D eigenvalue weighted by Crippen LogP contribution is -2.38. The Morgan fingerprint density at radius 2 is 1.89 bits per heavy atom. The number of hydroxylamine groups is 1. The summed E-state index contributed by atoms with van der Waals surface area (Å²) in [6, 6.07) is 3.08. The van der Waals surface area contributed by atoms with Crippen molar-refractivity contribution >= 4 is 23.4 Å². The summed E-state index contributed by atoms with van der Waals surface area (Å²) < 4.78 is 37.6. The second kappa shape index (κ2) is 5.89. The molecule has 19 heavy (non-hydrogen) atoms. The first-order valence-electron chi connectivity index (χ1n) is 4.83. The van der Waals surface area contributed by atoms with E-state index < -0.39 is 28.6 Å². The van der Waals surface area contributed by atoms with Crippen molar-refractivity contribution in [3.8, 4) is 0 Å². The van der Waals surface area contributed by atoms with E-state index in [4.69, 9.17) is 16.8 Å². The molecule has 3 N–H and O–H groups in total. The zero-order valence-electron chi connectivity index (χ0n) is 9.21. The number of alkyl halides is 3. The van der Waals surface area contributed by atoms with Crippen LogP contribution >= 0.6 is 11.6 Å². The van der Waals surface area contributed by atoms with Gasteiger partial charge in [-0.15, -0.1) is 0 Å². The number of hydrogen-bond acceptors (Lipinski definition) is 3. The van der Waals surface area contributed by atoms with Crippen LogP contribution in [0.2, 0.25) is 5.02 Å². The molecule has 0 unspecified atom stereocenters. The van der Waals surface area contributed by atoms with Crippen LogP contribution in [0.3, 0.4) is 0 Å². The fourth-order valence-corrected chi connectivity index (χ4v) is 1.44. The van der Waals surface area contributed by atoms with Crippen LogP contribution in [0, 0.1) is 0 Å². The highest BCUT2D eigenvalue weighted by atomic mass is 35.5. The molecule has 0 aliphatic carbocycles. The van der Waals surface area contributed by atoms with E-state index in [0.717, 1.165) is 17.6 Å². The second-order valence-corrected chi connectivity index (χ2v) is 3.84. The van der Waals surface area contributed by atoms with Crippen molar-refractivity contribution in [2.45, 2.75) is 12.7 Å². The third kappa shape index (κ3) is 4.11. The number of halogens is 4. The monoisotopic (exact) mass is 296 g/mol. The van der Waals surface area contributed by atoms with E-state index in [9.17, 15) is 22.8 Å². The minimum absolute atomic E-state index is 0.107. The topological polar surface area (TPSA) is 78.4 Å². The number of rotatable bonds is 2. The van der Waals surface area contributed by atoms with E-state index in [1.54, 1.807) is 0 Å². The fraction of sp³-hybridized carbons (Fsp3) is 0.200. The Morgan fingerprint density at radius 3 is 2.42 bits per heavy atom. The average Bonchev–Trinajstić information content (AvgIpc) is 2.35. The van der Waals surface area contributed by atoms with E-state index in [1.165, 1.54) is 6.07 Å². The van der Waals surface area contributed by atoms with Gasteiger partial charge in [-0.1, -0.05) is 17.7 Å². The van der Waals surface area contributed by atoms with Gasteiger partial charge in [-0.3, -0.25) is 14.8 Å². The highest BCUT2D eigenvalue weighted by Crippen LogP contribution is 2.35. The Morgan fingerprint density at radius 1 is 1.26 bits per heavy atom. The minimum Gasteiger partial charge on any atom is -0.344 e. The molecule has 0 saturated heterocycles. The molecular formula is C10H8ClF3N2O3. The standard InChI is InChI=1S/C10H8ClF3N2O3/c11-7-2-1-5(3-6(7)10(12,13)14)4-15-8(17)9(18)16-19/h1-3,19H,4H2,(H,15,17)(H,16,18). The summed E-state index contributed by atoms with van der Waals surface area (Å²) in [6.07, 6.45) is -4.61. The van der Waals surface area contributed by atoms with Crippen LogP contribution in [0.5, 0.6) is 0 Å². The Balaban J connectivity index is 2.81. The van der Waals surface area contributed by atoms with Gasteiger partial charge >= 0.3 is 18.0 Å². The van der Waals surface area contributed by atoms with Crippen molar-refractivity contribution in [1.29, 1.82) is 0 Å². The van der Waals surface area contributed by atoms with Crippen LogP contribution < -0.4 is 10.8 Å². The zero-order chi connectivity index (χ0) is 14.6. The molecule has 2 amide bonds. The molecular weight excluding hydrogens is 289 g/mol. The molecule has 104 valence electrons. The van der Waals surface area contributed by atoms with Gasteiger partial charge in [0.05, 0.1) is 10.6 Å². The molecule has 1 aromatic rings. The van der Waals surface area contributed by atoms with Gasteiger partial charge in [0.1, 0.15) is 0 Å². The number of carbonyl (C=O) groups is 2. The van der Waals surface area contributed by atoms with Gasteiger partial charge in [-0.25, -0.2) is 5.48 Å². The first-order valence-corrected chi connectivity index (χ1v) is 5.21. The minimum atomic E-state index is -4.61. The first kappa shape index (κ1) is 15.3. The Bertz CT molecular complexity index is 505. The van der Waals surface area contributed by atoms with E-state index in [1.807, 2.05) is 5.32 Å². The average molecular weight is 297 g/mol. The number of amides is 2. The highest BCUT2D eigenvalue weighted by molar-refractivity contribution is 6.34. The van der Waals surface area contributed by atoms with Crippen molar-refractivity contribution in [1.82, 2.24) is 10.8 Å². The van der Waals surface area contributed by atoms with Gasteiger partial charge in [-0.2, -0.15) is 13.2 Å². The van der Waals surface area contributed by atoms with E-state index in [-0.39, 0.29) is 12.1 Å². The van der Waals surface area contributed by atoms with E-state index >= 15 is 0 Å². The van der Waals surface area contributed by atoms with E-state index in [2.05, 4.69) is 0 Å². The summed E-state index contributed by atoms with van der Waals surface area (Å²) in [5.41, 5.74) is 0.166. The summed E-state index contributed by atoms with van der Waals surface area (Å²) >= 11 is 5.41. The summed E-state index contributed by atoms with van der Waals surface area (Å²) in [6.45, 7) is -0.313. The number of hydrogen-bond donors (Lipinski definition) is 3. The molecule has 0 spiro atoms. The summed E-state index contributed by atoms with van der Waals surface area (Å²) in [5, 5.41) is 9.73. The molecule has 0 radical (unpaired) electrons. The van der Waals surface area contributed by atoms with Gasteiger partial charge in [-0.05, 0) is 17.7 Å².